The van der Waals surface area contributed by atoms with Crippen LogP contribution < -0.4 is 14.4 Å². The first kappa shape index (κ1) is 18.1. The van der Waals surface area contributed by atoms with E-state index in [1.54, 1.807) is 31.2 Å². The summed E-state index contributed by atoms with van der Waals surface area (Å²) >= 11 is 0. The van der Waals surface area contributed by atoms with E-state index < -0.39 is 16.1 Å². The van der Waals surface area contributed by atoms with E-state index in [-0.39, 0.29) is 19.7 Å². The van der Waals surface area contributed by atoms with Crippen LogP contribution in [0.3, 0.4) is 0 Å². The van der Waals surface area contributed by atoms with Gasteiger partial charge in [0.2, 0.25) is 10.0 Å². The number of nitrogens with one attached hydrogen (secondary N) is 1. The molecule has 1 rings (SSSR count). The standard InChI is InChI=1S/C14H22N2O5S/c1-4-20-13-8-6-12(7-9-13)16(22(3,18)19)11-10-15-14(17)21-5-2/h6-9H,4-5,10-11H2,1-3H3,(H,15,17). The number of alkyl carbamates (subject to hydrolysis) is 1. The molecule has 0 aliphatic heterocycles. The molecule has 0 fully saturated rings. The Labute approximate surface area is 131 Å². The Morgan fingerprint density at radius 3 is 2.32 bits per heavy atom. The first-order valence-electron chi connectivity index (χ1n) is 6.99. The van der Waals surface area contributed by atoms with Gasteiger partial charge in [-0.3, -0.25) is 4.31 Å². The number of hydrogen-bond donors (Lipinski definition) is 1. The molecule has 1 amide bonds. The van der Waals surface area contributed by atoms with Gasteiger partial charge in [-0.1, -0.05) is 0 Å². The van der Waals surface area contributed by atoms with E-state index in [1.165, 1.54) is 4.31 Å². The van der Waals surface area contributed by atoms with Crippen LogP contribution in [0.5, 0.6) is 5.75 Å². The number of sulfonamides is 1. The molecule has 1 aromatic carbocycles. The number of ether oxygens (including phenoxy) is 2. The second kappa shape index (κ2) is 8.47. The Morgan fingerprint density at radius 1 is 1.18 bits per heavy atom. The van der Waals surface area contributed by atoms with Gasteiger partial charge in [-0.2, -0.15) is 0 Å². The molecule has 8 heteroatoms. The van der Waals surface area contributed by atoms with Gasteiger partial charge in [-0.15, -0.1) is 0 Å². The van der Waals surface area contributed by atoms with E-state index in [4.69, 9.17) is 9.47 Å². The first-order valence-corrected chi connectivity index (χ1v) is 8.84. The quantitative estimate of drug-likeness (QED) is 0.782. The average molecular weight is 330 g/mol. The van der Waals surface area contributed by atoms with E-state index in [0.29, 0.717) is 18.0 Å². The van der Waals surface area contributed by atoms with E-state index in [9.17, 15) is 13.2 Å². The van der Waals surface area contributed by atoms with Gasteiger partial charge >= 0.3 is 6.09 Å². The topological polar surface area (TPSA) is 84.9 Å². The van der Waals surface area contributed by atoms with Crippen LogP contribution in [0.15, 0.2) is 24.3 Å². The lowest BCUT2D eigenvalue weighted by Crippen LogP contribution is -2.38. The highest BCUT2D eigenvalue weighted by Crippen LogP contribution is 2.21. The van der Waals surface area contributed by atoms with Crippen LogP contribution in [0.2, 0.25) is 0 Å². The molecule has 0 saturated carbocycles. The molecule has 0 unspecified atom stereocenters. The molecule has 124 valence electrons. The third-order valence-corrected chi connectivity index (χ3v) is 3.89. The summed E-state index contributed by atoms with van der Waals surface area (Å²) in [5.74, 6) is 0.671. The number of benzene rings is 1. The van der Waals surface area contributed by atoms with E-state index in [1.807, 2.05) is 6.92 Å². The summed E-state index contributed by atoms with van der Waals surface area (Å²) in [7, 11) is -3.45. The van der Waals surface area contributed by atoms with Crippen LogP contribution in [-0.4, -0.2) is 47.1 Å². The van der Waals surface area contributed by atoms with Crippen molar-refractivity contribution in [3.05, 3.63) is 24.3 Å². The molecule has 1 aromatic rings. The maximum atomic E-state index is 11.9. The van der Waals surface area contributed by atoms with Crippen molar-refractivity contribution in [2.45, 2.75) is 13.8 Å². The summed E-state index contributed by atoms with van der Waals surface area (Å²) in [6.07, 6.45) is 0.552. The minimum Gasteiger partial charge on any atom is -0.494 e. The Hall–Kier alpha value is -1.96. The van der Waals surface area contributed by atoms with Crippen LogP contribution >= 0.6 is 0 Å². The zero-order valence-electron chi connectivity index (χ0n) is 13.0. The Balaban J connectivity index is 2.75. The normalized spacial score (nSPS) is 10.9. The van der Waals surface area contributed by atoms with Crippen molar-refractivity contribution in [2.24, 2.45) is 0 Å². The van der Waals surface area contributed by atoms with Crippen molar-refractivity contribution < 1.29 is 22.7 Å². The fourth-order valence-corrected chi connectivity index (χ4v) is 2.73. The van der Waals surface area contributed by atoms with Crippen LogP contribution in [0.4, 0.5) is 10.5 Å². The second-order valence-electron chi connectivity index (χ2n) is 4.41. The van der Waals surface area contributed by atoms with Gasteiger partial charge in [0.25, 0.3) is 0 Å². The Bertz CT molecular complexity index is 571. The summed E-state index contributed by atoms with van der Waals surface area (Å²) in [4.78, 5) is 11.2. The zero-order valence-corrected chi connectivity index (χ0v) is 13.9. The van der Waals surface area contributed by atoms with Crippen molar-refractivity contribution >= 4 is 21.8 Å². The number of nitrogens with zero attached hydrogens (tertiary/aromatic N) is 1. The van der Waals surface area contributed by atoms with Crippen molar-refractivity contribution in [2.75, 3.05) is 36.9 Å². The third-order valence-electron chi connectivity index (χ3n) is 2.70. The minimum absolute atomic E-state index is 0.117. The summed E-state index contributed by atoms with van der Waals surface area (Å²) in [6.45, 7) is 4.64. The van der Waals surface area contributed by atoms with Crippen molar-refractivity contribution in [3.63, 3.8) is 0 Å². The van der Waals surface area contributed by atoms with Crippen molar-refractivity contribution in [1.29, 1.82) is 0 Å². The lowest BCUT2D eigenvalue weighted by atomic mass is 10.3. The minimum atomic E-state index is -3.45. The summed E-state index contributed by atoms with van der Waals surface area (Å²) in [6, 6.07) is 6.73. The Morgan fingerprint density at radius 2 is 1.82 bits per heavy atom. The van der Waals surface area contributed by atoms with Crippen molar-refractivity contribution in [1.82, 2.24) is 5.32 Å². The molecule has 0 aliphatic rings. The molecule has 1 N–H and O–H groups in total. The van der Waals surface area contributed by atoms with Crippen LogP contribution in [0, 0.1) is 0 Å². The highest BCUT2D eigenvalue weighted by molar-refractivity contribution is 7.92. The maximum Gasteiger partial charge on any atom is 0.407 e. The van der Waals surface area contributed by atoms with Gasteiger partial charge in [-0.25, -0.2) is 13.2 Å². The van der Waals surface area contributed by atoms with Gasteiger partial charge in [0.15, 0.2) is 0 Å². The molecule has 7 nitrogen and oxygen atoms in total. The van der Waals surface area contributed by atoms with Crippen LogP contribution in [0.1, 0.15) is 13.8 Å². The maximum absolute atomic E-state index is 11.9. The zero-order chi connectivity index (χ0) is 16.6. The lowest BCUT2D eigenvalue weighted by Gasteiger charge is -2.22. The van der Waals surface area contributed by atoms with Gasteiger partial charge in [0, 0.05) is 6.54 Å². The molecule has 0 bridgehead atoms. The van der Waals surface area contributed by atoms with E-state index in [0.717, 1.165) is 6.26 Å². The second-order valence-corrected chi connectivity index (χ2v) is 6.32. The fraction of sp³-hybridized carbons (Fsp3) is 0.500. The number of carbonyl (C=O) groups excluding carboxylic acids is 1. The molecule has 0 saturated heterocycles. The van der Waals surface area contributed by atoms with Gasteiger partial charge < -0.3 is 14.8 Å². The molecule has 0 heterocycles. The molecule has 0 atom stereocenters. The Kier molecular flexibility index (Phi) is 6.97. The molecule has 0 aliphatic carbocycles. The van der Waals surface area contributed by atoms with Crippen LogP contribution in [0.25, 0.3) is 0 Å². The monoisotopic (exact) mass is 330 g/mol. The molecular weight excluding hydrogens is 308 g/mol. The van der Waals surface area contributed by atoms with Crippen LogP contribution in [-0.2, 0) is 14.8 Å². The number of anilines is 1. The third kappa shape index (κ3) is 5.80. The number of amides is 1. The van der Waals surface area contributed by atoms with Gasteiger partial charge in [0.1, 0.15) is 5.75 Å². The summed E-state index contributed by atoms with van der Waals surface area (Å²) in [5, 5.41) is 2.50. The lowest BCUT2D eigenvalue weighted by molar-refractivity contribution is 0.152. The largest absolute Gasteiger partial charge is 0.494 e. The van der Waals surface area contributed by atoms with E-state index >= 15 is 0 Å². The summed E-state index contributed by atoms with van der Waals surface area (Å²) < 4.78 is 35.1. The highest BCUT2D eigenvalue weighted by Gasteiger charge is 2.17. The number of rotatable bonds is 8. The van der Waals surface area contributed by atoms with Crippen molar-refractivity contribution in [3.8, 4) is 5.75 Å². The first-order chi connectivity index (χ1) is 10.4. The predicted octanol–water partition coefficient (Wildman–Crippen LogP) is 1.60. The molecule has 0 spiro atoms. The van der Waals surface area contributed by atoms with Gasteiger partial charge in [-0.05, 0) is 38.1 Å². The fourth-order valence-electron chi connectivity index (χ4n) is 1.80. The average Bonchev–Trinajstić information content (AvgIpc) is 2.44. The molecule has 0 aromatic heterocycles. The number of carbonyl (C=O) groups is 1. The van der Waals surface area contributed by atoms with E-state index in [2.05, 4.69) is 5.32 Å². The predicted molar refractivity (Wildman–Crippen MR) is 84.8 cm³/mol. The highest BCUT2D eigenvalue weighted by atomic mass is 32.2. The SMILES string of the molecule is CCOC(=O)NCCN(c1ccc(OCC)cc1)S(C)(=O)=O. The smallest absolute Gasteiger partial charge is 0.407 e. The molecule has 0 radical (unpaired) electrons. The molecular formula is C14H22N2O5S. The molecule has 22 heavy (non-hydrogen) atoms. The summed E-state index contributed by atoms with van der Waals surface area (Å²) in [5.41, 5.74) is 0.511. The number of hydrogen-bond acceptors (Lipinski definition) is 5. The van der Waals surface area contributed by atoms with Gasteiger partial charge in [0.05, 0.1) is 31.7 Å².